The van der Waals surface area contributed by atoms with E-state index < -0.39 is 5.97 Å². The number of rotatable bonds is 7. The van der Waals surface area contributed by atoms with E-state index in [0.717, 1.165) is 41.8 Å². The van der Waals surface area contributed by atoms with Crippen LogP contribution in [0.5, 0.6) is 0 Å². The van der Waals surface area contributed by atoms with Gasteiger partial charge in [-0.2, -0.15) is 0 Å². The lowest BCUT2D eigenvalue weighted by Crippen LogP contribution is -2.52. The third kappa shape index (κ3) is 5.14. The maximum Gasteiger partial charge on any atom is 0.414 e. The van der Waals surface area contributed by atoms with E-state index in [2.05, 4.69) is 0 Å². The van der Waals surface area contributed by atoms with Gasteiger partial charge in [-0.15, -0.1) is 0 Å². The molecule has 0 spiro atoms. The average Bonchev–Trinajstić information content (AvgIpc) is 3.45. The first-order valence-corrected chi connectivity index (χ1v) is 13.1. The fourth-order valence-corrected chi connectivity index (χ4v) is 5.86. The molecule has 7 nitrogen and oxygen atoms in total. The summed E-state index contributed by atoms with van der Waals surface area (Å²) in [4.78, 5) is 42.8. The van der Waals surface area contributed by atoms with E-state index in [1.165, 1.54) is 7.11 Å². The zero-order chi connectivity index (χ0) is 26.5. The number of nitrogens with zero attached hydrogens (tertiary/aromatic N) is 2. The third-order valence-corrected chi connectivity index (χ3v) is 7.54. The van der Waals surface area contributed by atoms with E-state index in [-0.39, 0.29) is 49.5 Å². The van der Waals surface area contributed by atoms with Gasteiger partial charge in [-0.25, -0.2) is 4.79 Å². The molecule has 3 atom stereocenters. The molecule has 0 N–H and O–H groups in total. The van der Waals surface area contributed by atoms with Crippen molar-refractivity contribution >= 4 is 29.3 Å². The van der Waals surface area contributed by atoms with E-state index in [4.69, 9.17) is 9.47 Å². The van der Waals surface area contributed by atoms with Gasteiger partial charge in [0.2, 0.25) is 5.91 Å². The van der Waals surface area contributed by atoms with Crippen molar-refractivity contribution < 1.29 is 23.9 Å². The molecule has 1 aliphatic carbocycles. The summed E-state index contributed by atoms with van der Waals surface area (Å²) in [6, 6.07) is 26.6. The molecule has 0 radical (unpaired) electrons. The zero-order valence-electron chi connectivity index (χ0n) is 21.5. The minimum Gasteiger partial charge on any atom is -0.469 e. The van der Waals surface area contributed by atoms with Crippen molar-refractivity contribution in [1.29, 1.82) is 0 Å². The van der Waals surface area contributed by atoms with Crippen molar-refractivity contribution in [1.82, 2.24) is 0 Å². The molecule has 2 amide bonds. The Labute approximate surface area is 223 Å². The van der Waals surface area contributed by atoms with Gasteiger partial charge in [0.1, 0.15) is 6.61 Å². The second-order valence-electron chi connectivity index (χ2n) is 9.75. The molecule has 196 valence electrons. The van der Waals surface area contributed by atoms with Gasteiger partial charge in [-0.1, -0.05) is 73.2 Å². The summed E-state index contributed by atoms with van der Waals surface area (Å²) >= 11 is 0. The van der Waals surface area contributed by atoms with Crippen molar-refractivity contribution in [2.45, 2.75) is 50.8 Å². The van der Waals surface area contributed by atoms with Crippen LogP contribution in [0, 0.1) is 5.92 Å². The van der Waals surface area contributed by atoms with Crippen LogP contribution in [0.3, 0.4) is 0 Å². The molecule has 1 heterocycles. The summed E-state index contributed by atoms with van der Waals surface area (Å²) in [7, 11) is 1.33. The van der Waals surface area contributed by atoms with E-state index in [0.29, 0.717) is 0 Å². The standard InChI is InChI=1S/C31H32N2O5/c1-37-29(35)20-19-28(34)32(23-13-6-3-7-14-23)30-24-15-8-9-17-26(24)33(27-18-10-16-25(27)30)31(36)38-21-22-11-4-2-5-12-22/h2-9,11-15,17,25,27,30H,10,16,18-21H2,1H3. The van der Waals surface area contributed by atoms with Crippen LogP contribution in [0.1, 0.15) is 49.3 Å². The molecule has 3 unspecified atom stereocenters. The van der Waals surface area contributed by atoms with Crippen LogP contribution in [0.25, 0.3) is 0 Å². The van der Waals surface area contributed by atoms with Crippen LogP contribution in [0.2, 0.25) is 0 Å². The van der Waals surface area contributed by atoms with Crippen LogP contribution in [-0.4, -0.2) is 31.1 Å². The fourth-order valence-electron chi connectivity index (χ4n) is 5.86. The van der Waals surface area contributed by atoms with Crippen LogP contribution >= 0.6 is 0 Å². The van der Waals surface area contributed by atoms with Crippen LogP contribution in [0.4, 0.5) is 16.2 Å². The number of ether oxygens (including phenoxy) is 2. The molecule has 0 bridgehead atoms. The second-order valence-corrected chi connectivity index (χ2v) is 9.75. The molecule has 2 aliphatic rings. The Morgan fingerprint density at radius 2 is 1.55 bits per heavy atom. The number of hydrogen-bond donors (Lipinski definition) is 0. The molecule has 5 rings (SSSR count). The van der Waals surface area contributed by atoms with Crippen LogP contribution in [0.15, 0.2) is 84.9 Å². The average molecular weight is 513 g/mol. The first kappa shape index (κ1) is 25.5. The number of para-hydroxylation sites is 2. The zero-order valence-corrected chi connectivity index (χ0v) is 21.5. The fraction of sp³-hybridized carbons (Fsp3) is 0.323. The number of esters is 1. The number of carbonyl (C=O) groups is 3. The number of methoxy groups -OCH3 is 1. The van der Waals surface area contributed by atoms with Crippen molar-refractivity contribution in [3.05, 3.63) is 96.1 Å². The maximum atomic E-state index is 13.7. The monoisotopic (exact) mass is 512 g/mol. The lowest BCUT2D eigenvalue weighted by atomic mass is 9.81. The van der Waals surface area contributed by atoms with Gasteiger partial charge in [0.25, 0.3) is 0 Å². The number of benzene rings is 3. The van der Waals surface area contributed by atoms with E-state index in [1.54, 1.807) is 4.90 Å². The predicted octanol–water partition coefficient (Wildman–Crippen LogP) is 6.04. The molecule has 1 aliphatic heterocycles. The smallest absolute Gasteiger partial charge is 0.414 e. The SMILES string of the molecule is COC(=O)CCC(=O)N(c1ccccc1)C1c2ccccc2N(C(=O)OCc2ccccc2)C2CCCC21. The Hall–Kier alpha value is -4.13. The van der Waals surface area contributed by atoms with Crippen molar-refractivity contribution in [3.63, 3.8) is 0 Å². The minimum absolute atomic E-state index is 0.0130. The molecule has 0 saturated heterocycles. The van der Waals surface area contributed by atoms with Crippen molar-refractivity contribution in [3.8, 4) is 0 Å². The van der Waals surface area contributed by atoms with Gasteiger partial charge in [-0.05, 0) is 42.2 Å². The molecule has 1 fully saturated rings. The number of amides is 2. The van der Waals surface area contributed by atoms with E-state index in [9.17, 15) is 14.4 Å². The Kier molecular flexibility index (Phi) is 7.73. The van der Waals surface area contributed by atoms with E-state index >= 15 is 0 Å². The lowest BCUT2D eigenvalue weighted by molar-refractivity contribution is -0.142. The highest BCUT2D eigenvalue weighted by molar-refractivity contribution is 5.97. The highest BCUT2D eigenvalue weighted by atomic mass is 16.6. The highest BCUT2D eigenvalue weighted by Gasteiger charge is 2.49. The first-order valence-electron chi connectivity index (χ1n) is 13.1. The predicted molar refractivity (Wildman–Crippen MR) is 145 cm³/mol. The molecule has 1 saturated carbocycles. The van der Waals surface area contributed by atoms with Gasteiger partial charge < -0.3 is 14.4 Å². The number of hydrogen-bond acceptors (Lipinski definition) is 5. The summed E-state index contributed by atoms with van der Waals surface area (Å²) in [5.41, 5.74) is 3.37. The molecular formula is C31H32N2O5. The number of carbonyl (C=O) groups excluding carboxylic acids is 3. The third-order valence-electron chi connectivity index (χ3n) is 7.54. The normalized spacial score (nSPS) is 19.7. The first-order chi connectivity index (χ1) is 18.6. The lowest BCUT2D eigenvalue weighted by Gasteiger charge is -2.47. The molecule has 38 heavy (non-hydrogen) atoms. The van der Waals surface area contributed by atoms with Crippen LogP contribution < -0.4 is 9.80 Å². The maximum absolute atomic E-state index is 13.7. The summed E-state index contributed by atoms with van der Waals surface area (Å²) in [6.45, 7) is 0.196. The van der Waals surface area contributed by atoms with Gasteiger partial charge in [0, 0.05) is 24.1 Å². The van der Waals surface area contributed by atoms with E-state index in [1.807, 2.05) is 89.8 Å². The Bertz CT molecular complexity index is 1280. The second kappa shape index (κ2) is 11.5. The molecule has 3 aromatic rings. The molecule has 0 aromatic heterocycles. The Balaban J connectivity index is 1.51. The largest absolute Gasteiger partial charge is 0.469 e. The van der Waals surface area contributed by atoms with Gasteiger partial charge in [0.15, 0.2) is 0 Å². The van der Waals surface area contributed by atoms with Crippen molar-refractivity contribution in [2.75, 3.05) is 16.9 Å². The summed E-state index contributed by atoms with van der Waals surface area (Å²) in [5, 5.41) is 0. The Morgan fingerprint density at radius 3 is 2.29 bits per heavy atom. The number of anilines is 2. The Morgan fingerprint density at radius 1 is 0.868 bits per heavy atom. The van der Waals surface area contributed by atoms with Crippen molar-refractivity contribution in [2.24, 2.45) is 5.92 Å². The minimum atomic E-state index is -0.415. The summed E-state index contributed by atoms with van der Waals surface area (Å²) in [5.74, 6) is -0.537. The highest BCUT2D eigenvalue weighted by Crippen LogP contribution is 2.51. The summed E-state index contributed by atoms with van der Waals surface area (Å²) in [6.07, 6.45) is 2.33. The molecule has 3 aromatic carbocycles. The quantitative estimate of drug-likeness (QED) is 0.361. The van der Waals surface area contributed by atoms with Gasteiger partial charge in [0.05, 0.1) is 25.3 Å². The summed E-state index contributed by atoms with van der Waals surface area (Å²) < 4.78 is 10.6. The van der Waals surface area contributed by atoms with Gasteiger partial charge >= 0.3 is 12.1 Å². The molecule has 7 heteroatoms. The van der Waals surface area contributed by atoms with Crippen LogP contribution in [-0.2, 0) is 25.7 Å². The molecular weight excluding hydrogens is 480 g/mol. The van der Waals surface area contributed by atoms with Gasteiger partial charge in [-0.3, -0.25) is 14.5 Å². The number of fused-ring (bicyclic) bond motifs is 2. The topological polar surface area (TPSA) is 76.2 Å².